The van der Waals surface area contributed by atoms with Crippen molar-refractivity contribution in [3.05, 3.63) is 28.2 Å². The third kappa shape index (κ3) is 5.53. The summed E-state index contributed by atoms with van der Waals surface area (Å²) in [4.78, 5) is 13.9. The Morgan fingerprint density at radius 2 is 1.87 bits per heavy atom. The van der Waals surface area contributed by atoms with Gasteiger partial charge in [0.25, 0.3) is 0 Å². The Morgan fingerprint density at radius 3 is 2.39 bits per heavy atom. The number of benzene rings is 1. The maximum absolute atomic E-state index is 12.3. The van der Waals surface area contributed by atoms with Crippen molar-refractivity contribution in [2.75, 3.05) is 25.0 Å². The predicted octanol–water partition coefficient (Wildman–Crippen LogP) is 3.78. The molecule has 128 valence electrons. The first-order valence-corrected chi connectivity index (χ1v) is 8.39. The number of anilines is 1. The molecule has 0 unspecified atom stereocenters. The minimum absolute atomic E-state index is 0.0768. The van der Waals surface area contributed by atoms with Crippen molar-refractivity contribution in [1.29, 1.82) is 0 Å². The first-order valence-electron chi connectivity index (χ1n) is 7.63. The summed E-state index contributed by atoms with van der Waals surface area (Å²) in [6.45, 7) is 5.10. The smallest absolute Gasteiger partial charge is 0.321 e. The fourth-order valence-electron chi connectivity index (χ4n) is 2.42. The molecule has 7 heteroatoms. The van der Waals surface area contributed by atoms with Crippen molar-refractivity contribution in [2.24, 2.45) is 0 Å². The fraction of sp³-hybridized carbons (Fsp3) is 0.562. The molecule has 0 atom stereocenters. The maximum atomic E-state index is 12.3. The lowest BCUT2D eigenvalue weighted by Crippen LogP contribution is -2.50. The number of piperidine rings is 1. The lowest BCUT2D eigenvalue weighted by molar-refractivity contribution is -0.0895. The number of carbonyl (C=O) groups is 1. The third-order valence-electron chi connectivity index (χ3n) is 3.78. The number of urea groups is 1. The van der Waals surface area contributed by atoms with Crippen LogP contribution in [0, 0.1) is 0 Å². The van der Waals surface area contributed by atoms with E-state index in [2.05, 4.69) is 5.32 Å². The van der Waals surface area contributed by atoms with E-state index in [4.69, 9.17) is 27.9 Å². The van der Waals surface area contributed by atoms with Crippen molar-refractivity contribution < 1.29 is 14.6 Å². The summed E-state index contributed by atoms with van der Waals surface area (Å²) in [6, 6.07) is 4.66. The molecule has 1 heterocycles. The Kier molecular flexibility index (Phi) is 6.14. The molecule has 0 saturated carbocycles. The number of aliphatic hydroxyl groups is 1. The highest BCUT2D eigenvalue weighted by Gasteiger charge is 2.34. The van der Waals surface area contributed by atoms with Gasteiger partial charge in [-0.05, 0) is 44.9 Å². The van der Waals surface area contributed by atoms with Gasteiger partial charge in [0.2, 0.25) is 0 Å². The Labute approximate surface area is 146 Å². The van der Waals surface area contributed by atoms with Gasteiger partial charge in [-0.15, -0.1) is 0 Å². The normalized spacial score (nSPS) is 17.4. The number of ether oxygens (including phenoxy) is 1. The molecule has 1 aliphatic rings. The maximum Gasteiger partial charge on any atom is 0.321 e. The standard InChI is InChI=1S/C16H22Cl2N2O3/c1-11(2)23-10-16(22)3-5-20(6-4-16)15(21)19-14-8-12(17)7-13(18)9-14/h7-9,11,22H,3-6,10H2,1-2H3,(H,19,21). The van der Waals surface area contributed by atoms with E-state index >= 15 is 0 Å². The predicted molar refractivity (Wildman–Crippen MR) is 92.3 cm³/mol. The topological polar surface area (TPSA) is 61.8 Å². The summed E-state index contributed by atoms with van der Waals surface area (Å²) >= 11 is 11.8. The van der Waals surface area contributed by atoms with Crippen LogP contribution in [0.2, 0.25) is 10.0 Å². The van der Waals surface area contributed by atoms with Gasteiger partial charge in [0, 0.05) is 28.8 Å². The van der Waals surface area contributed by atoms with Crippen LogP contribution in [-0.4, -0.2) is 47.4 Å². The first-order chi connectivity index (χ1) is 10.8. The van der Waals surface area contributed by atoms with Crippen LogP contribution >= 0.6 is 23.2 Å². The Balaban J connectivity index is 1.88. The van der Waals surface area contributed by atoms with Gasteiger partial charge < -0.3 is 20.1 Å². The molecule has 5 nitrogen and oxygen atoms in total. The highest BCUT2D eigenvalue weighted by atomic mass is 35.5. The third-order valence-corrected chi connectivity index (χ3v) is 4.22. The summed E-state index contributed by atoms with van der Waals surface area (Å²) in [7, 11) is 0. The van der Waals surface area contributed by atoms with E-state index < -0.39 is 5.60 Å². The molecule has 1 fully saturated rings. The van der Waals surface area contributed by atoms with Crippen molar-refractivity contribution >= 4 is 34.9 Å². The largest absolute Gasteiger partial charge is 0.387 e. The van der Waals surface area contributed by atoms with E-state index in [1.165, 1.54) is 0 Å². The number of carbonyl (C=O) groups excluding carboxylic acids is 1. The molecule has 0 aromatic heterocycles. The van der Waals surface area contributed by atoms with Gasteiger partial charge in [-0.2, -0.15) is 0 Å². The van der Waals surface area contributed by atoms with E-state index in [1.807, 2.05) is 13.8 Å². The molecule has 0 spiro atoms. The SMILES string of the molecule is CC(C)OCC1(O)CCN(C(=O)Nc2cc(Cl)cc(Cl)c2)CC1. The molecule has 1 aromatic rings. The molecule has 0 radical (unpaired) electrons. The van der Waals surface area contributed by atoms with Crippen molar-refractivity contribution in [3.8, 4) is 0 Å². The quantitative estimate of drug-likeness (QED) is 0.858. The van der Waals surface area contributed by atoms with Crippen LogP contribution < -0.4 is 5.32 Å². The highest BCUT2D eigenvalue weighted by molar-refractivity contribution is 6.35. The van der Waals surface area contributed by atoms with Crippen LogP contribution in [-0.2, 0) is 4.74 Å². The molecule has 2 amide bonds. The van der Waals surface area contributed by atoms with Crippen molar-refractivity contribution in [3.63, 3.8) is 0 Å². The van der Waals surface area contributed by atoms with E-state index in [1.54, 1.807) is 23.1 Å². The Hall–Kier alpha value is -1.01. The molecule has 2 rings (SSSR count). The second kappa shape index (κ2) is 7.71. The van der Waals surface area contributed by atoms with E-state index in [9.17, 15) is 9.90 Å². The van der Waals surface area contributed by atoms with E-state index in [0.717, 1.165) is 0 Å². The molecular weight excluding hydrogens is 339 g/mol. The average molecular weight is 361 g/mol. The number of nitrogens with zero attached hydrogens (tertiary/aromatic N) is 1. The second-order valence-electron chi connectivity index (χ2n) is 6.16. The highest BCUT2D eigenvalue weighted by Crippen LogP contribution is 2.25. The van der Waals surface area contributed by atoms with Crippen LogP contribution in [0.4, 0.5) is 10.5 Å². The lowest BCUT2D eigenvalue weighted by Gasteiger charge is -2.38. The summed E-state index contributed by atoms with van der Waals surface area (Å²) < 4.78 is 5.50. The Bertz CT molecular complexity index is 538. The molecule has 0 bridgehead atoms. The number of hydrogen-bond donors (Lipinski definition) is 2. The summed E-state index contributed by atoms with van der Waals surface area (Å²) in [5.41, 5.74) is -0.308. The van der Waals surface area contributed by atoms with Crippen LogP contribution in [0.15, 0.2) is 18.2 Å². The monoisotopic (exact) mass is 360 g/mol. The van der Waals surface area contributed by atoms with Crippen LogP contribution in [0.25, 0.3) is 0 Å². The Morgan fingerprint density at radius 1 is 1.30 bits per heavy atom. The number of rotatable bonds is 4. The number of nitrogens with one attached hydrogen (secondary N) is 1. The van der Waals surface area contributed by atoms with E-state index in [0.29, 0.717) is 48.3 Å². The molecular formula is C16H22Cl2N2O3. The average Bonchev–Trinajstić information content (AvgIpc) is 2.45. The number of halogens is 2. The van der Waals surface area contributed by atoms with Crippen molar-refractivity contribution in [2.45, 2.75) is 38.4 Å². The van der Waals surface area contributed by atoms with Gasteiger partial charge in [-0.1, -0.05) is 23.2 Å². The molecule has 2 N–H and O–H groups in total. The first kappa shape index (κ1) is 18.3. The van der Waals surface area contributed by atoms with E-state index in [-0.39, 0.29) is 12.1 Å². The summed E-state index contributed by atoms with van der Waals surface area (Å²) in [6.07, 6.45) is 1.06. The zero-order valence-electron chi connectivity index (χ0n) is 13.3. The van der Waals surface area contributed by atoms with Gasteiger partial charge in [-0.25, -0.2) is 4.79 Å². The number of amides is 2. The lowest BCUT2D eigenvalue weighted by atomic mass is 9.92. The minimum atomic E-state index is -0.861. The zero-order chi connectivity index (χ0) is 17.0. The number of likely N-dealkylation sites (tertiary alicyclic amines) is 1. The molecule has 1 saturated heterocycles. The molecule has 23 heavy (non-hydrogen) atoms. The summed E-state index contributed by atoms with van der Waals surface area (Å²) in [5, 5.41) is 14.2. The minimum Gasteiger partial charge on any atom is -0.387 e. The van der Waals surface area contributed by atoms with Crippen LogP contribution in [0.3, 0.4) is 0 Å². The van der Waals surface area contributed by atoms with Gasteiger partial charge >= 0.3 is 6.03 Å². The van der Waals surface area contributed by atoms with Crippen molar-refractivity contribution in [1.82, 2.24) is 4.90 Å². The second-order valence-corrected chi connectivity index (χ2v) is 7.03. The van der Waals surface area contributed by atoms with Gasteiger partial charge in [0.1, 0.15) is 0 Å². The van der Waals surface area contributed by atoms with Gasteiger partial charge in [-0.3, -0.25) is 0 Å². The van der Waals surface area contributed by atoms with Gasteiger partial charge in [0.05, 0.1) is 18.3 Å². The van der Waals surface area contributed by atoms with Crippen LogP contribution in [0.1, 0.15) is 26.7 Å². The molecule has 1 aromatic carbocycles. The molecule has 1 aliphatic heterocycles. The fourth-order valence-corrected chi connectivity index (χ4v) is 2.95. The molecule has 0 aliphatic carbocycles. The number of hydrogen-bond acceptors (Lipinski definition) is 3. The zero-order valence-corrected chi connectivity index (χ0v) is 14.8. The summed E-state index contributed by atoms with van der Waals surface area (Å²) in [5.74, 6) is 0. The van der Waals surface area contributed by atoms with Crippen LogP contribution in [0.5, 0.6) is 0 Å². The van der Waals surface area contributed by atoms with Gasteiger partial charge in [0.15, 0.2) is 0 Å².